The lowest BCUT2D eigenvalue weighted by atomic mass is 10.2. The average Bonchev–Trinajstić information content (AvgIpc) is 2.78. The van der Waals surface area contributed by atoms with E-state index in [0.717, 1.165) is 35.5 Å². The van der Waals surface area contributed by atoms with Crippen LogP contribution in [0.4, 0.5) is 0 Å². The maximum absolute atomic E-state index is 12.1. The van der Waals surface area contributed by atoms with Gasteiger partial charge in [0.05, 0.1) is 11.4 Å². The Morgan fingerprint density at radius 1 is 1.33 bits per heavy atom. The van der Waals surface area contributed by atoms with Crippen molar-refractivity contribution in [1.29, 1.82) is 0 Å². The minimum Gasteiger partial charge on any atom is -0.301 e. The van der Waals surface area contributed by atoms with E-state index >= 15 is 0 Å². The largest absolute Gasteiger partial charge is 0.301 e. The molecule has 1 aliphatic heterocycles. The van der Waals surface area contributed by atoms with Crippen LogP contribution in [-0.2, 0) is 0 Å². The molecule has 0 amide bonds. The van der Waals surface area contributed by atoms with Crippen molar-refractivity contribution in [2.75, 3.05) is 39.3 Å². The lowest BCUT2D eigenvalue weighted by Gasteiger charge is -2.34. The van der Waals surface area contributed by atoms with Crippen LogP contribution in [0, 0.1) is 0 Å². The van der Waals surface area contributed by atoms with Crippen LogP contribution in [0.5, 0.6) is 0 Å². The van der Waals surface area contributed by atoms with Crippen molar-refractivity contribution >= 4 is 33.0 Å². The molecule has 1 saturated heterocycles. The quantitative estimate of drug-likeness (QED) is 0.775. The van der Waals surface area contributed by atoms with Gasteiger partial charge in [0.2, 0.25) is 0 Å². The van der Waals surface area contributed by atoms with Crippen molar-refractivity contribution in [2.24, 2.45) is 0 Å². The van der Waals surface area contributed by atoms with Crippen LogP contribution in [-0.4, -0.2) is 54.9 Å². The second-order valence-electron chi connectivity index (χ2n) is 4.64. The second kappa shape index (κ2) is 6.80. The highest BCUT2D eigenvalue weighted by Crippen LogP contribution is 2.23. The van der Waals surface area contributed by atoms with Crippen molar-refractivity contribution in [3.05, 3.63) is 20.8 Å². The predicted octanol–water partition coefficient (Wildman–Crippen LogP) is 2.72. The zero-order valence-electron chi connectivity index (χ0n) is 10.7. The Morgan fingerprint density at radius 3 is 2.56 bits per heavy atom. The molecule has 5 heteroatoms. The summed E-state index contributed by atoms with van der Waals surface area (Å²) in [5.41, 5.74) is 0. The Morgan fingerprint density at radius 2 is 2.00 bits per heavy atom. The van der Waals surface area contributed by atoms with Crippen LogP contribution in [0.25, 0.3) is 0 Å². The van der Waals surface area contributed by atoms with E-state index in [1.807, 2.05) is 11.4 Å². The molecule has 2 heterocycles. The first-order valence-corrected chi connectivity index (χ1v) is 8.09. The molecule has 0 atom stereocenters. The zero-order chi connectivity index (χ0) is 13.0. The Labute approximate surface area is 121 Å². The van der Waals surface area contributed by atoms with E-state index in [0.29, 0.717) is 6.54 Å². The maximum atomic E-state index is 12.1. The molecule has 0 aliphatic carbocycles. The zero-order valence-corrected chi connectivity index (χ0v) is 13.1. The minimum atomic E-state index is 0.237. The second-order valence-corrected chi connectivity index (χ2v) is 6.41. The fourth-order valence-corrected chi connectivity index (χ4v) is 3.78. The predicted molar refractivity (Wildman–Crippen MR) is 79.5 cm³/mol. The molecule has 0 N–H and O–H groups in total. The van der Waals surface area contributed by atoms with Gasteiger partial charge < -0.3 is 4.90 Å². The van der Waals surface area contributed by atoms with Crippen LogP contribution in [0.15, 0.2) is 15.9 Å². The third-order valence-corrected chi connectivity index (χ3v) is 5.12. The molecular formula is C13H19BrN2OS. The number of Topliss-reactive ketones (excluding diaryl/α,β-unsaturated/α-hetero) is 1. The van der Waals surface area contributed by atoms with E-state index in [4.69, 9.17) is 0 Å². The lowest BCUT2D eigenvalue weighted by molar-refractivity contribution is 0.0856. The molecule has 1 aromatic heterocycles. The summed E-state index contributed by atoms with van der Waals surface area (Å²) < 4.78 is 0.933. The van der Waals surface area contributed by atoms with Gasteiger partial charge in [-0.3, -0.25) is 9.69 Å². The number of hydrogen-bond donors (Lipinski definition) is 0. The van der Waals surface area contributed by atoms with Gasteiger partial charge in [-0.25, -0.2) is 0 Å². The van der Waals surface area contributed by atoms with Gasteiger partial charge in [-0.1, -0.05) is 6.92 Å². The number of hydrogen-bond acceptors (Lipinski definition) is 4. The van der Waals surface area contributed by atoms with Crippen LogP contribution in [0.1, 0.15) is 23.0 Å². The van der Waals surface area contributed by atoms with Gasteiger partial charge in [0.25, 0.3) is 0 Å². The third-order valence-electron chi connectivity index (χ3n) is 3.24. The van der Waals surface area contributed by atoms with Gasteiger partial charge in [0, 0.05) is 30.7 Å². The molecule has 0 spiro atoms. The monoisotopic (exact) mass is 330 g/mol. The van der Waals surface area contributed by atoms with E-state index in [-0.39, 0.29) is 5.78 Å². The molecule has 0 bridgehead atoms. The molecule has 0 saturated carbocycles. The number of carbonyl (C=O) groups excluding carboxylic acids is 1. The molecular weight excluding hydrogens is 312 g/mol. The first-order chi connectivity index (χ1) is 8.70. The molecule has 0 unspecified atom stereocenters. The molecule has 2 rings (SSSR count). The lowest BCUT2D eigenvalue weighted by Crippen LogP contribution is -2.47. The van der Waals surface area contributed by atoms with Crippen molar-refractivity contribution in [2.45, 2.75) is 13.3 Å². The summed E-state index contributed by atoms with van der Waals surface area (Å²) in [7, 11) is 0. The highest BCUT2D eigenvalue weighted by Gasteiger charge is 2.20. The van der Waals surface area contributed by atoms with E-state index in [9.17, 15) is 4.79 Å². The highest BCUT2D eigenvalue weighted by molar-refractivity contribution is 9.10. The first-order valence-electron chi connectivity index (χ1n) is 6.41. The fourth-order valence-electron chi connectivity index (χ4n) is 2.25. The summed E-state index contributed by atoms with van der Waals surface area (Å²) in [5, 5.41) is 1.95. The Balaban J connectivity index is 1.81. The summed E-state index contributed by atoms with van der Waals surface area (Å²) in [4.78, 5) is 17.7. The van der Waals surface area contributed by atoms with Crippen LogP contribution in [0.2, 0.25) is 0 Å². The molecule has 3 nitrogen and oxygen atoms in total. The molecule has 0 radical (unpaired) electrons. The number of rotatable bonds is 5. The first kappa shape index (κ1) is 14.2. The van der Waals surface area contributed by atoms with E-state index < -0.39 is 0 Å². The molecule has 1 aromatic rings. The number of carbonyl (C=O) groups is 1. The topological polar surface area (TPSA) is 23.6 Å². The minimum absolute atomic E-state index is 0.237. The number of piperazine rings is 1. The van der Waals surface area contributed by atoms with Gasteiger partial charge >= 0.3 is 0 Å². The molecule has 100 valence electrons. The number of ketones is 1. The van der Waals surface area contributed by atoms with E-state index in [1.54, 1.807) is 0 Å². The molecule has 1 fully saturated rings. The van der Waals surface area contributed by atoms with Crippen LogP contribution >= 0.6 is 27.3 Å². The molecule has 18 heavy (non-hydrogen) atoms. The van der Waals surface area contributed by atoms with Crippen molar-refractivity contribution in [1.82, 2.24) is 9.80 Å². The summed E-state index contributed by atoms with van der Waals surface area (Å²) in [6.07, 6.45) is 1.21. The summed E-state index contributed by atoms with van der Waals surface area (Å²) >= 11 is 4.95. The number of halogens is 1. The van der Waals surface area contributed by atoms with Gasteiger partial charge in [-0.15, -0.1) is 11.3 Å². The van der Waals surface area contributed by atoms with Crippen molar-refractivity contribution < 1.29 is 4.79 Å². The summed E-state index contributed by atoms with van der Waals surface area (Å²) in [6.45, 7) is 8.14. The standard InChI is InChI=1S/C13H19BrN2OS/c1-2-4-15-5-7-16(8-6-15)10-12(17)13-11(14)3-9-18-13/h3,9H,2,4-8,10H2,1H3. The van der Waals surface area contributed by atoms with Crippen LogP contribution < -0.4 is 0 Å². The van der Waals surface area contributed by atoms with E-state index in [1.165, 1.54) is 24.3 Å². The SMILES string of the molecule is CCCN1CCN(CC(=O)c2sccc2Br)CC1. The molecule has 0 aromatic carbocycles. The highest BCUT2D eigenvalue weighted by atomic mass is 79.9. The fraction of sp³-hybridized carbons (Fsp3) is 0.615. The smallest absolute Gasteiger partial charge is 0.187 e. The Hall–Kier alpha value is -0.230. The van der Waals surface area contributed by atoms with Gasteiger partial charge in [0.15, 0.2) is 5.78 Å². The van der Waals surface area contributed by atoms with Gasteiger partial charge in [-0.2, -0.15) is 0 Å². The normalized spacial score (nSPS) is 18.1. The van der Waals surface area contributed by atoms with E-state index in [2.05, 4.69) is 32.7 Å². The Kier molecular flexibility index (Phi) is 5.36. The van der Waals surface area contributed by atoms with Crippen LogP contribution in [0.3, 0.4) is 0 Å². The Bertz CT molecular complexity index is 399. The summed E-state index contributed by atoms with van der Waals surface area (Å²) in [5.74, 6) is 0.237. The van der Waals surface area contributed by atoms with Gasteiger partial charge in [-0.05, 0) is 40.3 Å². The number of thiophene rings is 1. The third kappa shape index (κ3) is 3.63. The molecule has 1 aliphatic rings. The van der Waals surface area contributed by atoms with Crippen molar-refractivity contribution in [3.63, 3.8) is 0 Å². The van der Waals surface area contributed by atoms with Gasteiger partial charge in [0.1, 0.15) is 0 Å². The maximum Gasteiger partial charge on any atom is 0.187 e. The van der Waals surface area contributed by atoms with Crippen molar-refractivity contribution in [3.8, 4) is 0 Å². The average molecular weight is 331 g/mol. The number of nitrogens with zero attached hydrogens (tertiary/aromatic N) is 2. The summed E-state index contributed by atoms with van der Waals surface area (Å²) in [6, 6.07) is 1.94.